The summed E-state index contributed by atoms with van der Waals surface area (Å²) in [7, 11) is 0. The van der Waals surface area contributed by atoms with Gasteiger partial charge in [-0.25, -0.2) is 4.39 Å². The molecule has 104 valence electrons. The summed E-state index contributed by atoms with van der Waals surface area (Å²) in [5.41, 5.74) is 0. The van der Waals surface area contributed by atoms with E-state index in [-0.39, 0.29) is 24.3 Å². The topological polar surface area (TPSA) is 50.4 Å². The molecule has 0 bridgehead atoms. The number of carbonyl (C=O) groups is 1. The zero-order chi connectivity index (χ0) is 13.7. The van der Waals surface area contributed by atoms with E-state index in [0.717, 1.165) is 19.5 Å². The molecule has 1 saturated heterocycles. The van der Waals surface area contributed by atoms with Crippen molar-refractivity contribution in [3.8, 4) is 5.75 Å². The van der Waals surface area contributed by atoms with Gasteiger partial charge in [0.1, 0.15) is 0 Å². The molecule has 4 nitrogen and oxygen atoms in total. The van der Waals surface area contributed by atoms with Gasteiger partial charge in [0, 0.05) is 6.04 Å². The van der Waals surface area contributed by atoms with Crippen molar-refractivity contribution in [3.63, 3.8) is 0 Å². The molecule has 0 spiro atoms. The Morgan fingerprint density at radius 2 is 2.32 bits per heavy atom. The minimum atomic E-state index is -0.453. The summed E-state index contributed by atoms with van der Waals surface area (Å²) in [4.78, 5) is 11.8. The van der Waals surface area contributed by atoms with Gasteiger partial charge in [0.25, 0.3) is 5.91 Å². The zero-order valence-electron chi connectivity index (χ0n) is 11.0. The average molecular weight is 266 g/mol. The van der Waals surface area contributed by atoms with Crippen LogP contribution in [0.3, 0.4) is 0 Å². The second kappa shape index (κ2) is 6.52. The minimum Gasteiger partial charge on any atom is -0.481 e. The zero-order valence-corrected chi connectivity index (χ0v) is 11.0. The molecule has 1 aliphatic heterocycles. The van der Waals surface area contributed by atoms with Crippen LogP contribution < -0.4 is 15.4 Å². The van der Waals surface area contributed by atoms with E-state index in [1.807, 2.05) is 0 Å². The Labute approximate surface area is 112 Å². The van der Waals surface area contributed by atoms with Crippen molar-refractivity contribution in [2.24, 2.45) is 5.92 Å². The molecule has 2 unspecified atom stereocenters. The highest BCUT2D eigenvalue weighted by Crippen LogP contribution is 2.15. The molecule has 19 heavy (non-hydrogen) atoms. The molecular formula is C14H19FN2O2. The fraction of sp³-hybridized carbons (Fsp3) is 0.500. The highest BCUT2D eigenvalue weighted by atomic mass is 19.1. The Bertz CT molecular complexity index is 439. The number of para-hydroxylation sites is 1. The number of piperidine rings is 1. The van der Waals surface area contributed by atoms with Crippen molar-refractivity contribution < 1.29 is 13.9 Å². The van der Waals surface area contributed by atoms with Crippen molar-refractivity contribution in [1.82, 2.24) is 10.6 Å². The Morgan fingerprint density at radius 3 is 3.05 bits per heavy atom. The van der Waals surface area contributed by atoms with Crippen LogP contribution in [0.2, 0.25) is 0 Å². The number of hydrogen-bond donors (Lipinski definition) is 2. The first-order chi connectivity index (χ1) is 9.16. The van der Waals surface area contributed by atoms with Gasteiger partial charge in [0.05, 0.1) is 0 Å². The Morgan fingerprint density at radius 1 is 1.53 bits per heavy atom. The third-order valence-corrected chi connectivity index (χ3v) is 3.33. The molecule has 2 rings (SSSR count). The second-order valence-corrected chi connectivity index (χ2v) is 4.86. The van der Waals surface area contributed by atoms with Crippen LogP contribution >= 0.6 is 0 Å². The molecule has 1 amide bonds. The van der Waals surface area contributed by atoms with Crippen LogP contribution in [0.15, 0.2) is 24.3 Å². The number of benzene rings is 1. The smallest absolute Gasteiger partial charge is 0.258 e. The van der Waals surface area contributed by atoms with Gasteiger partial charge < -0.3 is 15.4 Å². The minimum absolute atomic E-state index is 0.107. The molecule has 1 heterocycles. The fourth-order valence-corrected chi connectivity index (χ4v) is 2.18. The van der Waals surface area contributed by atoms with Gasteiger partial charge in [0.2, 0.25) is 0 Å². The first kappa shape index (κ1) is 13.8. The first-order valence-electron chi connectivity index (χ1n) is 6.54. The van der Waals surface area contributed by atoms with Gasteiger partial charge in [0.15, 0.2) is 18.2 Å². The second-order valence-electron chi connectivity index (χ2n) is 4.86. The number of ether oxygens (including phenoxy) is 1. The molecule has 1 aromatic carbocycles. The molecule has 0 radical (unpaired) electrons. The predicted molar refractivity (Wildman–Crippen MR) is 70.5 cm³/mol. The molecule has 2 atom stereocenters. The van der Waals surface area contributed by atoms with Gasteiger partial charge in [-0.1, -0.05) is 19.1 Å². The summed E-state index contributed by atoms with van der Waals surface area (Å²) in [6.45, 7) is 3.75. The summed E-state index contributed by atoms with van der Waals surface area (Å²) in [6.07, 6.45) is 0.909. The maximum absolute atomic E-state index is 13.3. The lowest BCUT2D eigenvalue weighted by Gasteiger charge is -2.30. The summed E-state index contributed by atoms with van der Waals surface area (Å²) < 4.78 is 18.5. The Hall–Kier alpha value is -1.62. The SMILES string of the molecule is CC1CNCCC1NC(=O)COc1ccccc1F. The van der Waals surface area contributed by atoms with Crippen molar-refractivity contribution in [2.45, 2.75) is 19.4 Å². The lowest BCUT2D eigenvalue weighted by molar-refractivity contribution is -0.124. The predicted octanol–water partition coefficient (Wildman–Crippen LogP) is 1.32. The van der Waals surface area contributed by atoms with Crippen LogP contribution in [0.5, 0.6) is 5.75 Å². The standard InChI is InChI=1S/C14H19FN2O2/c1-10-8-16-7-6-12(10)17-14(18)9-19-13-5-3-2-4-11(13)15/h2-5,10,12,16H,6-9H2,1H3,(H,17,18). The third kappa shape index (κ3) is 3.92. The van der Waals surface area contributed by atoms with Crippen LogP contribution in [-0.2, 0) is 4.79 Å². The normalized spacial score (nSPS) is 22.8. The van der Waals surface area contributed by atoms with Gasteiger partial charge in [-0.3, -0.25) is 4.79 Å². The van der Waals surface area contributed by atoms with Crippen LogP contribution in [-0.4, -0.2) is 31.6 Å². The number of nitrogens with one attached hydrogen (secondary N) is 2. The van der Waals surface area contributed by atoms with Crippen molar-refractivity contribution in [1.29, 1.82) is 0 Å². The molecule has 1 aliphatic rings. The van der Waals surface area contributed by atoms with Crippen LogP contribution in [0.4, 0.5) is 4.39 Å². The van der Waals surface area contributed by atoms with E-state index in [1.165, 1.54) is 12.1 Å². The molecular weight excluding hydrogens is 247 g/mol. The molecule has 5 heteroatoms. The molecule has 1 fully saturated rings. The van der Waals surface area contributed by atoms with Crippen molar-refractivity contribution >= 4 is 5.91 Å². The van der Waals surface area contributed by atoms with E-state index in [1.54, 1.807) is 12.1 Å². The molecule has 0 aliphatic carbocycles. The van der Waals surface area contributed by atoms with E-state index in [4.69, 9.17) is 4.74 Å². The Balaban J connectivity index is 1.80. The quantitative estimate of drug-likeness (QED) is 0.864. The summed E-state index contributed by atoms with van der Waals surface area (Å²) in [6, 6.07) is 6.24. The lowest BCUT2D eigenvalue weighted by Crippen LogP contribution is -2.49. The monoisotopic (exact) mass is 266 g/mol. The van der Waals surface area contributed by atoms with Gasteiger partial charge >= 0.3 is 0 Å². The van der Waals surface area contributed by atoms with Crippen molar-refractivity contribution in [3.05, 3.63) is 30.1 Å². The van der Waals surface area contributed by atoms with E-state index in [2.05, 4.69) is 17.6 Å². The lowest BCUT2D eigenvalue weighted by atomic mass is 9.95. The number of hydrogen-bond acceptors (Lipinski definition) is 3. The van der Waals surface area contributed by atoms with Crippen LogP contribution in [0.25, 0.3) is 0 Å². The molecule has 0 saturated carbocycles. The van der Waals surface area contributed by atoms with Crippen LogP contribution in [0, 0.1) is 11.7 Å². The van der Waals surface area contributed by atoms with E-state index in [0.29, 0.717) is 5.92 Å². The number of amides is 1. The summed E-state index contributed by atoms with van der Waals surface area (Å²) in [5, 5.41) is 6.20. The van der Waals surface area contributed by atoms with Crippen LogP contribution in [0.1, 0.15) is 13.3 Å². The Kier molecular flexibility index (Phi) is 4.74. The maximum atomic E-state index is 13.3. The van der Waals surface area contributed by atoms with E-state index < -0.39 is 5.82 Å². The first-order valence-corrected chi connectivity index (χ1v) is 6.54. The van der Waals surface area contributed by atoms with Crippen molar-refractivity contribution in [2.75, 3.05) is 19.7 Å². The third-order valence-electron chi connectivity index (χ3n) is 3.33. The fourth-order valence-electron chi connectivity index (χ4n) is 2.18. The molecule has 1 aromatic rings. The van der Waals surface area contributed by atoms with Gasteiger partial charge in [-0.05, 0) is 37.6 Å². The molecule has 0 aromatic heterocycles. The maximum Gasteiger partial charge on any atom is 0.258 e. The number of halogens is 1. The number of carbonyl (C=O) groups excluding carboxylic acids is 1. The van der Waals surface area contributed by atoms with E-state index in [9.17, 15) is 9.18 Å². The number of rotatable bonds is 4. The summed E-state index contributed by atoms with van der Waals surface area (Å²) >= 11 is 0. The average Bonchev–Trinajstić information content (AvgIpc) is 2.40. The molecule has 2 N–H and O–H groups in total. The van der Waals surface area contributed by atoms with Gasteiger partial charge in [-0.15, -0.1) is 0 Å². The van der Waals surface area contributed by atoms with Gasteiger partial charge in [-0.2, -0.15) is 0 Å². The highest BCUT2D eigenvalue weighted by molar-refractivity contribution is 5.77. The highest BCUT2D eigenvalue weighted by Gasteiger charge is 2.22. The largest absolute Gasteiger partial charge is 0.481 e. The van der Waals surface area contributed by atoms with E-state index >= 15 is 0 Å². The summed E-state index contributed by atoms with van der Waals surface area (Å²) in [5.74, 6) is -0.158.